The van der Waals surface area contributed by atoms with Gasteiger partial charge in [0.05, 0.1) is 0 Å². The summed E-state index contributed by atoms with van der Waals surface area (Å²) in [6.07, 6.45) is -2.31. The van der Waals surface area contributed by atoms with Gasteiger partial charge in [-0.2, -0.15) is 0 Å². The number of carbonyl (C=O) groups excluding carboxylic acids is 3. The lowest BCUT2D eigenvalue weighted by Crippen LogP contribution is -2.22. The molecule has 0 aromatic carbocycles. The Labute approximate surface area is 153 Å². The van der Waals surface area contributed by atoms with Gasteiger partial charge in [-0.3, -0.25) is 14.4 Å². The predicted molar refractivity (Wildman–Crippen MR) is 101 cm³/mol. The first-order valence-electron chi connectivity index (χ1n) is 8.22. The molecule has 0 saturated carbocycles. The summed E-state index contributed by atoms with van der Waals surface area (Å²) in [6.45, 7) is 15.0. The van der Waals surface area contributed by atoms with Gasteiger partial charge >= 0.3 is 0 Å². The summed E-state index contributed by atoms with van der Waals surface area (Å²) in [5.41, 5.74) is 0. The van der Waals surface area contributed by atoms with Crippen LogP contribution in [-0.2, 0) is 14.4 Å². The molecule has 1 unspecified atom stereocenters. The van der Waals surface area contributed by atoms with Crippen molar-refractivity contribution in [2.45, 2.75) is 88.1 Å². The molecule has 152 valence electrons. The smallest absolute Gasteiger partial charge is 0.158 e. The molecule has 0 rings (SSSR count). The molecule has 0 radical (unpaired) electrons. The summed E-state index contributed by atoms with van der Waals surface area (Å²) in [6, 6.07) is 0. The van der Waals surface area contributed by atoms with E-state index >= 15 is 0 Å². The molecule has 0 aliphatic heterocycles. The van der Waals surface area contributed by atoms with Gasteiger partial charge in [-0.05, 0) is 38.5 Å². The highest BCUT2D eigenvalue weighted by molar-refractivity contribution is 5.80. The maximum absolute atomic E-state index is 10.3. The third-order valence-corrected chi connectivity index (χ3v) is 3.14. The normalized spacial score (nSPS) is 13.6. The van der Waals surface area contributed by atoms with Crippen molar-refractivity contribution in [1.29, 1.82) is 0 Å². The summed E-state index contributed by atoms with van der Waals surface area (Å²) >= 11 is 0. The highest BCUT2D eigenvalue weighted by atomic mass is 16.3. The van der Waals surface area contributed by atoms with E-state index in [9.17, 15) is 14.4 Å². The molecule has 0 fully saturated rings. The molecular formula is C19H40O6. The van der Waals surface area contributed by atoms with Crippen LogP contribution >= 0.6 is 0 Å². The van der Waals surface area contributed by atoms with E-state index in [1.165, 1.54) is 20.8 Å². The second-order valence-electron chi connectivity index (χ2n) is 6.90. The topological polar surface area (TPSA) is 112 Å². The molecule has 6 nitrogen and oxygen atoms in total. The summed E-state index contributed by atoms with van der Waals surface area (Å²) in [4.78, 5) is 31.0. The van der Waals surface area contributed by atoms with Crippen molar-refractivity contribution < 1.29 is 29.7 Å². The maximum Gasteiger partial charge on any atom is 0.158 e. The molecule has 6 heteroatoms. The molecule has 0 aromatic rings. The molecule has 0 amide bonds. The molecule has 0 spiro atoms. The van der Waals surface area contributed by atoms with E-state index < -0.39 is 18.3 Å². The Kier molecular flexibility index (Phi) is 20.7. The summed E-state index contributed by atoms with van der Waals surface area (Å²) in [7, 11) is 0. The van der Waals surface area contributed by atoms with Crippen molar-refractivity contribution in [3.8, 4) is 0 Å². The van der Waals surface area contributed by atoms with E-state index in [4.69, 9.17) is 15.3 Å². The van der Waals surface area contributed by atoms with Crippen LogP contribution in [0.4, 0.5) is 0 Å². The van der Waals surface area contributed by atoms with Crippen molar-refractivity contribution in [2.75, 3.05) is 0 Å². The van der Waals surface area contributed by atoms with Gasteiger partial charge in [0, 0.05) is 0 Å². The van der Waals surface area contributed by atoms with Crippen LogP contribution in [0.2, 0.25) is 0 Å². The van der Waals surface area contributed by atoms with Crippen molar-refractivity contribution in [3.63, 3.8) is 0 Å². The van der Waals surface area contributed by atoms with Gasteiger partial charge in [0.15, 0.2) is 17.3 Å². The maximum atomic E-state index is 10.3. The monoisotopic (exact) mass is 364 g/mol. The van der Waals surface area contributed by atoms with Crippen LogP contribution in [0.1, 0.15) is 69.7 Å². The zero-order chi connectivity index (χ0) is 20.2. The van der Waals surface area contributed by atoms with Crippen LogP contribution in [-0.4, -0.2) is 51.0 Å². The molecule has 0 heterocycles. The van der Waals surface area contributed by atoms with Gasteiger partial charge in [-0.1, -0.05) is 49.0 Å². The van der Waals surface area contributed by atoms with E-state index in [-0.39, 0.29) is 42.5 Å². The van der Waals surface area contributed by atoms with E-state index in [1.807, 2.05) is 41.5 Å². The average molecular weight is 365 g/mol. The van der Waals surface area contributed by atoms with Crippen molar-refractivity contribution in [3.05, 3.63) is 0 Å². The van der Waals surface area contributed by atoms with Gasteiger partial charge in [-0.15, -0.1) is 0 Å². The van der Waals surface area contributed by atoms with E-state index in [0.29, 0.717) is 0 Å². The van der Waals surface area contributed by atoms with Gasteiger partial charge < -0.3 is 15.3 Å². The number of hydrogen-bond donors (Lipinski definition) is 3. The summed E-state index contributed by atoms with van der Waals surface area (Å²) < 4.78 is 0. The van der Waals surface area contributed by atoms with Crippen molar-refractivity contribution in [2.24, 2.45) is 17.8 Å². The van der Waals surface area contributed by atoms with E-state index in [1.54, 1.807) is 0 Å². The minimum Gasteiger partial charge on any atom is -0.385 e. The Morgan fingerprint density at radius 3 is 0.640 bits per heavy atom. The first kappa shape index (κ1) is 31.6. The van der Waals surface area contributed by atoms with E-state index in [2.05, 4.69) is 0 Å². The largest absolute Gasteiger partial charge is 0.385 e. The summed E-state index contributed by atoms with van der Waals surface area (Å²) in [5, 5.41) is 26.6. The van der Waals surface area contributed by atoms with Crippen LogP contribution in [0.3, 0.4) is 0 Å². The Bertz CT molecular complexity index is 317. The SMILES string of the molecule is C.CC(=O)C(O)C(C)C.CC(=O)[C@@H](O)C(C)C.CC(=O)[C@H](O)C(C)C. The first-order chi connectivity index (χ1) is 10.7. The highest BCUT2D eigenvalue weighted by Crippen LogP contribution is 2.01. The molecule has 3 atom stereocenters. The third-order valence-electron chi connectivity index (χ3n) is 3.14. The van der Waals surface area contributed by atoms with Crippen molar-refractivity contribution in [1.82, 2.24) is 0 Å². The number of aliphatic hydroxyl groups excluding tert-OH is 3. The first-order valence-corrected chi connectivity index (χ1v) is 8.22. The number of hydrogen-bond acceptors (Lipinski definition) is 6. The number of ketones is 3. The third kappa shape index (κ3) is 19.1. The second kappa shape index (κ2) is 16.4. The fourth-order valence-electron chi connectivity index (χ4n) is 1.41. The number of aliphatic hydroxyl groups is 3. The minimum absolute atomic E-state index is 0. The average Bonchev–Trinajstić information content (AvgIpc) is 2.45. The Morgan fingerprint density at radius 1 is 0.520 bits per heavy atom. The van der Waals surface area contributed by atoms with Crippen LogP contribution < -0.4 is 0 Å². The minimum atomic E-state index is -0.769. The molecule has 3 N–H and O–H groups in total. The lowest BCUT2D eigenvalue weighted by atomic mass is 10.1. The fourth-order valence-corrected chi connectivity index (χ4v) is 1.41. The van der Waals surface area contributed by atoms with Gasteiger partial charge in [0.25, 0.3) is 0 Å². The van der Waals surface area contributed by atoms with Crippen LogP contribution in [0.15, 0.2) is 0 Å². The summed E-state index contributed by atoms with van der Waals surface area (Å²) in [5.74, 6) is -0.312. The van der Waals surface area contributed by atoms with Crippen LogP contribution in [0.25, 0.3) is 0 Å². The van der Waals surface area contributed by atoms with Crippen LogP contribution in [0.5, 0.6) is 0 Å². The molecule has 0 bridgehead atoms. The Balaban J connectivity index is -0.000000130. The molecule has 0 aromatic heterocycles. The number of rotatable bonds is 6. The predicted octanol–water partition coefficient (Wildman–Crippen LogP) is 2.41. The quantitative estimate of drug-likeness (QED) is 0.667. The second-order valence-corrected chi connectivity index (χ2v) is 6.90. The Morgan fingerprint density at radius 2 is 0.640 bits per heavy atom. The zero-order valence-corrected chi connectivity index (χ0v) is 16.5. The van der Waals surface area contributed by atoms with E-state index in [0.717, 1.165) is 0 Å². The Hall–Kier alpha value is -1.11. The zero-order valence-electron chi connectivity index (χ0n) is 16.5. The number of Topliss-reactive ketones (excluding diaryl/α,β-unsaturated/α-hetero) is 3. The lowest BCUT2D eigenvalue weighted by Gasteiger charge is -2.08. The van der Waals surface area contributed by atoms with Crippen LogP contribution in [0, 0.1) is 17.8 Å². The standard InChI is InChI=1S/3C6H12O2.CH4/c3*1-4(2)6(8)5(3)7;/h3*4,6,8H,1-3H3;1H4/t2*6-;;/m10../s1. The van der Waals surface area contributed by atoms with Gasteiger partial charge in [-0.25, -0.2) is 0 Å². The number of carbonyl (C=O) groups is 3. The van der Waals surface area contributed by atoms with Gasteiger partial charge in [0.1, 0.15) is 18.3 Å². The molecule has 25 heavy (non-hydrogen) atoms. The fraction of sp³-hybridized carbons (Fsp3) is 0.842. The molecule has 0 saturated heterocycles. The molecule has 0 aliphatic rings. The highest BCUT2D eigenvalue weighted by Gasteiger charge is 2.13. The molecule has 0 aliphatic carbocycles. The van der Waals surface area contributed by atoms with Crippen molar-refractivity contribution >= 4 is 17.3 Å². The lowest BCUT2D eigenvalue weighted by molar-refractivity contribution is -0.127. The molecular weight excluding hydrogens is 324 g/mol. The van der Waals surface area contributed by atoms with Gasteiger partial charge in [0.2, 0.25) is 0 Å².